The number of oxime groups is 1. The number of carboxylic acids is 1. The summed E-state index contributed by atoms with van der Waals surface area (Å²) in [5.41, 5.74) is 9.35. The van der Waals surface area contributed by atoms with Crippen LogP contribution < -0.4 is 5.73 Å². The fourth-order valence-electron chi connectivity index (χ4n) is 3.12. The van der Waals surface area contributed by atoms with Crippen LogP contribution in [0.15, 0.2) is 95.1 Å². The maximum Gasteiger partial charge on any atom is 0.332 e. The molecule has 0 aromatic carbocycles. The molecule has 2 unspecified atom stereocenters. The van der Waals surface area contributed by atoms with Gasteiger partial charge in [0.15, 0.2) is 11.9 Å². The van der Waals surface area contributed by atoms with Crippen molar-refractivity contribution in [1.82, 2.24) is 30.1 Å². The quantitative estimate of drug-likeness (QED) is 0.0790. The molecule has 5 rings (SSSR count). The summed E-state index contributed by atoms with van der Waals surface area (Å²) in [6.45, 7) is 3.31. The Bertz CT molecular complexity index is 1880. The van der Waals surface area contributed by atoms with Crippen molar-refractivity contribution >= 4 is 11.8 Å². The Morgan fingerprint density at radius 3 is 1.85 bits per heavy atom. The van der Waals surface area contributed by atoms with Gasteiger partial charge >= 0.3 is 5.97 Å². The highest BCUT2D eigenvalue weighted by Crippen LogP contribution is 2.18. The molecule has 244 valence electrons. The Morgan fingerprint density at radius 2 is 1.44 bits per heavy atom. The zero-order valence-corrected chi connectivity index (χ0v) is 26.5. The van der Waals surface area contributed by atoms with Gasteiger partial charge in [0.2, 0.25) is 5.82 Å². The van der Waals surface area contributed by atoms with Gasteiger partial charge in [0.25, 0.3) is 5.89 Å². The van der Waals surface area contributed by atoms with Crippen LogP contribution in [0, 0.1) is 23.7 Å². The number of aliphatic carboxylic acids is 1. The van der Waals surface area contributed by atoms with Crippen LogP contribution >= 0.6 is 0 Å². The van der Waals surface area contributed by atoms with Crippen molar-refractivity contribution in [3.05, 3.63) is 120 Å². The molecule has 0 amide bonds. The van der Waals surface area contributed by atoms with Crippen LogP contribution in [0.25, 0.3) is 11.5 Å². The third-order valence-corrected chi connectivity index (χ3v) is 5.97. The van der Waals surface area contributed by atoms with E-state index in [1.54, 1.807) is 50.1 Å². The van der Waals surface area contributed by atoms with Crippen molar-refractivity contribution in [2.75, 3.05) is 14.2 Å². The first-order chi connectivity index (χ1) is 23.2. The summed E-state index contributed by atoms with van der Waals surface area (Å²) in [7, 11) is 2.95. The molecule has 14 heteroatoms. The lowest BCUT2D eigenvalue weighted by atomic mass is 10.2. The van der Waals surface area contributed by atoms with Gasteiger partial charge in [-0.25, -0.2) is 14.8 Å². The molecule has 2 atom stereocenters. The van der Waals surface area contributed by atoms with Gasteiger partial charge in [-0.15, -0.1) is 0 Å². The minimum Gasteiger partial charge on any atom is -0.479 e. The predicted octanol–water partition coefficient (Wildman–Crippen LogP) is 3.71. The average molecular weight is 649 g/mol. The second kappa shape index (κ2) is 19.1. The van der Waals surface area contributed by atoms with Gasteiger partial charge in [-0.05, 0) is 74.2 Å². The van der Waals surface area contributed by atoms with Crippen molar-refractivity contribution in [2.24, 2.45) is 10.9 Å². The zero-order valence-electron chi connectivity index (χ0n) is 26.5. The maximum atomic E-state index is 9.81. The molecule has 5 aromatic rings. The van der Waals surface area contributed by atoms with Gasteiger partial charge in [-0.1, -0.05) is 34.3 Å². The fraction of sp³-hybridized carbons (Fsp3) is 0.176. The summed E-state index contributed by atoms with van der Waals surface area (Å²) in [4.78, 5) is 30.6. The van der Waals surface area contributed by atoms with Gasteiger partial charge in [0.1, 0.15) is 28.9 Å². The normalized spacial score (nSPS) is 11.5. The Labute approximate surface area is 276 Å². The number of hydrogen-bond acceptors (Lipinski definition) is 12. The first kappa shape index (κ1) is 36.0. The molecular weight excluding hydrogens is 616 g/mol. The van der Waals surface area contributed by atoms with Crippen LogP contribution in [0.2, 0.25) is 0 Å². The number of pyridine rings is 4. The SMILES string of the molecule is COC(C)C(=O)O.COC(C)c1nc(-c2ccc(C#Cc3ccccn3)cn2)no1.N/C(=N\O)c1ccc(C#Cc2ccccn2)cn1. The van der Waals surface area contributed by atoms with Crippen LogP contribution in [0.5, 0.6) is 0 Å². The molecule has 0 radical (unpaired) electrons. The highest BCUT2D eigenvalue weighted by molar-refractivity contribution is 5.95. The van der Waals surface area contributed by atoms with E-state index in [1.807, 2.05) is 49.4 Å². The highest BCUT2D eigenvalue weighted by Gasteiger charge is 2.15. The fourth-order valence-corrected chi connectivity index (χ4v) is 3.12. The van der Waals surface area contributed by atoms with Crippen LogP contribution in [0.3, 0.4) is 0 Å². The van der Waals surface area contributed by atoms with Crippen molar-refractivity contribution in [1.29, 1.82) is 0 Å². The Balaban J connectivity index is 0.000000222. The summed E-state index contributed by atoms with van der Waals surface area (Å²) in [6.07, 6.45) is 5.69. The second-order valence-corrected chi connectivity index (χ2v) is 9.33. The van der Waals surface area contributed by atoms with Gasteiger partial charge in [0.05, 0.1) is 0 Å². The molecule has 0 fully saturated rings. The van der Waals surface area contributed by atoms with Crippen molar-refractivity contribution in [3.63, 3.8) is 0 Å². The number of amidine groups is 1. The third-order valence-electron chi connectivity index (χ3n) is 5.97. The van der Waals surface area contributed by atoms with E-state index in [9.17, 15) is 4.79 Å². The average Bonchev–Trinajstić information content (AvgIpc) is 3.64. The minimum atomic E-state index is -0.928. The molecule has 0 bridgehead atoms. The topological polar surface area (TPSA) is 205 Å². The first-order valence-electron chi connectivity index (χ1n) is 14.1. The Morgan fingerprint density at radius 1 is 0.833 bits per heavy atom. The monoisotopic (exact) mass is 648 g/mol. The maximum absolute atomic E-state index is 9.81. The van der Waals surface area contributed by atoms with E-state index >= 15 is 0 Å². The number of ether oxygens (including phenoxy) is 2. The third kappa shape index (κ3) is 11.8. The Kier molecular flexibility index (Phi) is 14.3. The molecule has 0 saturated carbocycles. The van der Waals surface area contributed by atoms with E-state index < -0.39 is 12.1 Å². The summed E-state index contributed by atoms with van der Waals surface area (Å²) in [5, 5.41) is 23.3. The number of hydrogen-bond donors (Lipinski definition) is 3. The van der Waals surface area contributed by atoms with Crippen LogP contribution in [0.1, 0.15) is 54.1 Å². The minimum absolute atomic E-state index is 0.0285. The lowest BCUT2D eigenvalue weighted by molar-refractivity contribution is -0.147. The summed E-state index contributed by atoms with van der Waals surface area (Å²) in [6, 6.07) is 18.2. The van der Waals surface area contributed by atoms with Crippen molar-refractivity contribution < 1.29 is 29.1 Å². The lowest BCUT2D eigenvalue weighted by Crippen LogP contribution is -2.17. The van der Waals surface area contributed by atoms with Crippen LogP contribution in [0.4, 0.5) is 0 Å². The molecule has 0 aliphatic carbocycles. The van der Waals surface area contributed by atoms with Gasteiger partial charge in [-0.3, -0.25) is 9.97 Å². The molecule has 0 aliphatic heterocycles. The molecule has 5 aromatic heterocycles. The predicted molar refractivity (Wildman–Crippen MR) is 174 cm³/mol. The summed E-state index contributed by atoms with van der Waals surface area (Å²) < 4.78 is 14.7. The van der Waals surface area contributed by atoms with E-state index in [1.165, 1.54) is 14.0 Å². The first-order valence-corrected chi connectivity index (χ1v) is 14.1. The van der Waals surface area contributed by atoms with Crippen LogP contribution in [-0.4, -0.2) is 72.5 Å². The lowest BCUT2D eigenvalue weighted by Gasteiger charge is -2.00. The standard InChI is InChI=1S/C17H14N4O2.C13H10N4O.C4H8O3/c1-12(22-2)17-20-16(21-23-17)15-9-7-13(11-19-15)6-8-14-5-3-4-10-18-14;14-13(17-18)12-7-5-10(9-16-12)4-6-11-3-1-2-8-15-11;1-3(7-2)4(5)6/h3-5,7,9-12H,1-2H3;1-3,5,7-9,18H,(H2,14,17);3H,1-2H3,(H,5,6). The van der Waals surface area contributed by atoms with Gasteiger partial charge < -0.3 is 30.0 Å². The Hall–Kier alpha value is -6.48. The molecule has 14 nitrogen and oxygen atoms in total. The van der Waals surface area contributed by atoms with Gasteiger partial charge in [0, 0.05) is 50.1 Å². The van der Waals surface area contributed by atoms with E-state index in [0.717, 1.165) is 11.1 Å². The number of methoxy groups -OCH3 is 2. The second-order valence-electron chi connectivity index (χ2n) is 9.33. The van der Waals surface area contributed by atoms with Crippen molar-refractivity contribution in [2.45, 2.75) is 26.1 Å². The van der Waals surface area contributed by atoms with E-state index in [0.29, 0.717) is 34.5 Å². The molecular formula is C34H32N8O6. The smallest absolute Gasteiger partial charge is 0.332 e. The summed E-state index contributed by atoms with van der Waals surface area (Å²) in [5.74, 6) is 11.7. The summed E-state index contributed by atoms with van der Waals surface area (Å²) >= 11 is 0. The number of nitrogens with two attached hydrogens (primary N) is 1. The molecule has 48 heavy (non-hydrogen) atoms. The number of aromatic nitrogens is 6. The number of nitrogens with zero attached hydrogens (tertiary/aromatic N) is 7. The van der Waals surface area contributed by atoms with Gasteiger partial charge in [-0.2, -0.15) is 4.98 Å². The van der Waals surface area contributed by atoms with Crippen molar-refractivity contribution in [3.8, 4) is 35.2 Å². The zero-order chi connectivity index (χ0) is 34.7. The van der Waals surface area contributed by atoms with E-state index in [-0.39, 0.29) is 11.9 Å². The highest BCUT2D eigenvalue weighted by atomic mass is 16.5. The van der Waals surface area contributed by atoms with E-state index in [4.69, 9.17) is 25.3 Å². The number of rotatable bonds is 6. The molecule has 0 saturated heterocycles. The molecule has 0 aliphatic rings. The largest absolute Gasteiger partial charge is 0.479 e. The molecule has 0 spiro atoms. The van der Waals surface area contributed by atoms with Crippen LogP contribution in [-0.2, 0) is 14.3 Å². The van der Waals surface area contributed by atoms with E-state index in [2.05, 4.69) is 63.7 Å². The molecule has 4 N–H and O–H groups in total. The number of carbonyl (C=O) groups is 1. The molecule has 5 heterocycles. The number of carboxylic acid groups (broad SMARTS) is 1.